The van der Waals surface area contributed by atoms with Crippen LogP contribution in [0.4, 0.5) is 0 Å². The van der Waals surface area contributed by atoms with E-state index >= 15 is 0 Å². The van der Waals surface area contributed by atoms with Gasteiger partial charge in [-0.25, -0.2) is 4.79 Å². The van der Waals surface area contributed by atoms with Gasteiger partial charge in [0.1, 0.15) is 0 Å². The van der Waals surface area contributed by atoms with E-state index in [-0.39, 0.29) is 6.42 Å². The maximum Gasteiger partial charge on any atom is 0.336 e. The van der Waals surface area contributed by atoms with Crippen LogP contribution in [0.1, 0.15) is 19.3 Å². The molecule has 5 nitrogen and oxygen atoms in total. The number of carboxylic acids is 2. The number of aliphatic hydroxyl groups is 1. The van der Waals surface area contributed by atoms with Crippen molar-refractivity contribution in [1.29, 1.82) is 0 Å². The zero-order chi connectivity index (χ0) is 11.2. The molecule has 1 atom stereocenters. The molecule has 0 amide bonds. The van der Waals surface area contributed by atoms with Gasteiger partial charge in [0.2, 0.25) is 0 Å². The van der Waals surface area contributed by atoms with Gasteiger partial charge < -0.3 is 15.3 Å². The molecule has 0 radical (unpaired) electrons. The molecular weight excluding hydrogens is 208 g/mol. The molecule has 82 valence electrons. The molecule has 14 heavy (non-hydrogen) atoms. The summed E-state index contributed by atoms with van der Waals surface area (Å²) in [6.45, 7) is 0. The maximum absolute atomic E-state index is 10.6. The molecule has 0 aliphatic rings. The van der Waals surface area contributed by atoms with Crippen LogP contribution in [0.5, 0.6) is 0 Å². The quantitative estimate of drug-likeness (QED) is 0.540. The first-order valence-electron chi connectivity index (χ1n) is 4.09. The molecule has 3 N–H and O–H groups in total. The summed E-state index contributed by atoms with van der Waals surface area (Å²) in [6.07, 6.45) is 1.56. The van der Waals surface area contributed by atoms with Crippen molar-refractivity contribution in [3.8, 4) is 0 Å². The Morgan fingerprint density at radius 2 is 1.93 bits per heavy atom. The zero-order valence-corrected chi connectivity index (χ0v) is 8.71. The van der Waals surface area contributed by atoms with E-state index in [4.69, 9.17) is 10.2 Å². The molecule has 0 aromatic rings. The molecule has 0 fully saturated rings. The Balaban J connectivity index is 4.24. The normalized spacial score (nSPS) is 14.7. The summed E-state index contributed by atoms with van der Waals surface area (Å²) in [6, 6.07) is 0. The molecule has 0 saturated carbocycles. The van der Waals surface area contributed by atoms with Crippen molar-refractivity contribution in [3.05, 3.63) is 0 Å². The number of rotatable bonds is 7. The lowest BCUT2D eigenvalue weighted by Crippen LogP contribution is -2.40. The highest BCUT2D eigenvalue weighted by atomic mass is 32.2. The van der Waals surface area contributed by atoms with Gasteiger partial charge in [0, 0.05) is 0 Å². The standard InChI is InChI=1S/C8H14O5S/c1-14-4-2-3-8(13,7(11)12)5-6(9)10/h13H,2-5H2,1H3,(H,9,10)(H,11,12)/t8-/m0/s1. The van der Waals surface area contributed by atoms with E-state index in [1.807, 2.05) is 6.26 Å². The van der Waals surface area contributed by atoms with Crippen LogP contribution in [0.25, 0.3) is 0 Å². The molecule has 0 heterocycles. The smallest absolute Gasteiger partial charge is 0.336 e. The fourth-order valence-corrected chi connectivity index (χ4v) is 1.46. The minimum atomic E-state index is -2.12. The van der Waals surface area contributed by atoms with Crippen LogP contribution in [0.15, 0.2) is 0 Å². The first kappa shape index (κ1) is 13.2. The number of carboxylic acid groups (broad SMARTS) is 2. The Hall–Kier alpha value is -0.750. The fraction of sp³-hybridized carbons (Fsp3) is 0.750. The molecule has 6 heteroatoms. The number of thioether (sulfide) groups is 1. The van der Waals surface area contributed by atoms with E-state index in [2.05, 4.69) is 0 Å². The van der Waals surface area contributed by atoms with Crippen molar-refractivity contribution >= 4 is 23.7 Å². The Morgan fingerprint density at radius 3 is 2.29 bits per heavy atom. The molecule has 0 aliphatic heterocycles. The summed E-state index contributed by atoms with van der Waals surface area (Å²) in [5.41, 5.74) is -2.12. The predicted molar refractivity (Wildman–Crippen MR) is 52.5 cm³/mol. The van der Waals surface area contributed by atoms with Crippen LogP contribution < -0.4 is 0 Å². The topological polar surface area (TPSA) is 94.8 Å². The third-order valence-electron chi connectivity index (χ3n) is 1.78. The van der Waals surface area contributed by atoms with Gasteiger partial charge in [0.05, 0.1) is 6.42 Å². The second kappa shape index (κ2) is 5.87. The van der Waals surface area contributed by atoms with Crippen molar-refractivity contribution in [1.82, 2.24) is 0 Å². The van der Waals surface area contributed by atoms with Crippen LogP contribution in [-0.2, 0) is 9.59 Å². The first-order chi connectivity index (χ1) is 6.42. The van der Waals surface area contributed by atoms with Gasteiger partial charge >= 0.3 is 11.9 Å². The third kappa shape index (κ3) is 4.48. The van der Waals surface area contributed by atoms with Crippen LogP contribution >= 0.6 is 11.8 Å². The second-order valence-corrected chi connectivity index (χ2v) is 3.99. The van der Waals surface area contributed by atoms with Crippen LogP contribution in [0, 0.1) is 0 Å². The zero-order valence-electron chi connectivity index (χ0n) is 7.89. The summed E-state index contributed by atoms with van der Waals surface area (Å²) < 4.78 is 0. The van der Waals surface area contributed by atoms with Gasteiger partial charge in [0.15, 0.2) is 5.60 Å². The first-order valence-corrected chi connectivity index (χ1v) is 5.48. The highest BCUT2D eigenvalue weighted by Crippen LogP contribution is 2.19. The highest BCUT2D eigenvalue weighted by Gasteiger charge is 2.37. The van der Waals surface area contributed by atoms with Gasteiger partial charge in [-0.1, -0.05) is 0 Å². The summed E-state index contributed by atoms with van der Waals surface area (Å²) in [5.74, 6) is -2.07. The largest absolute Gasteiger partial charge is 0.481 e. The van der Waals surface area contributed by atoms with Crippen molar-refractivity contribution in [2.75, 3.05) is 12.0 Å². The van der Waals surface area contributed by atoms with E-state index in [0.717, 1.165) is 0 Å². The lowest BCUT2D eigenvalue weighted by molar-refractivity contribution is -0.166. The Labute approximate surface area is 86.1 Å². The SMILES string of the molecule is CSCCC[C@](O)(CC(=O)O)C(=O)O. The summed E-state index contributed by atoms with van der Waals surface area (Å²) in [7, 11) is 0. The molecule has 0 saturated heterocycles. The van der Waals surface area contributed by atoms with E-state index in [1.165, 1.54) is 11.8 Å². The van der Waals surface area contributed by atoms with Gasteiger partial charge in [-0.2, -0.15) is 11.8 Å². The Bertz CT molecular complexity index is 218. The third-order valence-corrected chi connectivity index (χ3v) is 2.48. The number of carbonyl (C=O) groups is 2. The van der Waals surface area contributed by atoms with E-state index in [9.17, 15) is 14.7 Å². The van der Waals surface area contributed by atoms with E-state index in [0.29, 0.717) is 12.2 Å². The minimum Gasteiger partial charge on any atom is -0.481 e. The molecule has 0 bridgehead atoms. The lowest BCUT2D eigenvalue weighted by atomic mass is 9.94. The average Bonchev–Trinajstić information content (AvgIpc) is 2.03. The molecule has 0 rings (SSSR count). The van der Waals surface area contributed by atoms with Gasteiger partial charge in [-0.05, 0) is 24.9 Å². The minimum absolute atomic E-state index is 0.0323. The van der Waals surface area contributed by atoms with Crippen LogP contribution in [-0.4, -0.2) is 44.9 Å². The van der Waals surface area contributed by atoms with Gasteiger partial charge in [-0.15, -0.1) is 0 Å². The van der Waals surface area contributed by atoms with Crippen molar-refractivity contribution in [2.45, 2.75) is 24.9 Å². The molecule has 0 aromatic heterocycles. The average molecular weight is 222 g/mol. The fourth-order valence-electron chi connectivity index (χ4n) is 1.03. The van der Waals surface area contributed by atoms with Crippen LogP contribution in [0.3, 0.4) is 0 Å². The van der Waals surface area contributed by atoms with Crippen molar-refractivity contribution in [3.63, 3.8) is 0 Å². The van der Waals surface area contributed by atoms with Gasteiger partial charge in [0.25, 0.3) is 0 Å². The second-order valence-electron chi connectivity index (χ2n) is 3.00. The highest BCUT2D eigenvalue weighted by molar-refractivity contribution is 7.98. The van der Waals surface area contributed by atoms with Crippen molar-refractivity contribution in [2.24, 2.45) is 0 Å². The summed E-state index contributed by atoms with van der Waals surface area (Å²) in [4.78, 5) is 21.0. The molecule has 0 spiro atoms. The van der Waals surface area contributed by atoms with Gasteiger partial charge in [-0.3, -0.25) is 4.79 Å². The summed E-state index contributed by atoms with van der Waals surface area (Å²) >= 11 is 1.52. The molecule has 0 aromatic carbocycles. The predicted octanol–water partition coefficient (Wildman–Crippen LogP) is 0.420. The maximum atomic E-state index is 10.6. The van der Waals surface area contributed by atoms with E-state index in [1.54, 1.807) is 0 Å². The lowest BCUT2D eigenvalue weighted by Gasteiger charge is -2.20. The number of aliphatic carboxylic acids is 2. The number of hydrogen-bond donors (Lipinski definition) is 3. The summed E-state index contributed by atoms with van der Waals surface area (Å²) in [5, 5.41) is 26.6. The Kier molecular flexibility index (Phi) is 5.56. The molecule has 0 aliphatic carbocycles. The van der Waals surface area contributed by atoms with E-state index < -0.39 is 24.0 Å². The Morgan fingerprint density at radius 1 is 1.36 bits per heavy atom. The van der Waals surface area contributed by atoms with Crippen LogP contribution in [0.2, 0.25) is 0 Å². The van der Waals surface area contributed by atoms with Crippen molar-refractivity contribution < 1.29 is 24.9 Å². The monoisotopic (exact) mass is 222 g/mol. The molecular formula is C8H14O5S. The number of hydrogen-bond acceptors (Lipinski definition) is 4. The molecule has 0 unspecified atom stereocenters.